The number of hydrogen-bond acceptors (Lipinski definition) is 4. The zero-order valence-electron chi connectivity index (χ0n) is 15.7. The van der Waals surface area contributed by atoms with E-state index in [9.17, 15) is 15.0 Å². The first kappa shape index (κ1) is 17.5. The summed E-state index contributed by atoms with van der Waals surface area (Å²) in [5, 5.41) is 20.5. The van der Waals surface area contributed by atoms with Crippen LogP contribution in [-0.4, -0.2) is 33.5 Å². The number of aliphatic hydroxyl groups excluding tert-OH is 1. The molecule has 0 aromatic heterocycles. The van der Waals surface area contributed by atoms with Crippen molar-refractivity contribution in [3.63, 3.8) is 0 Å². The first-order valence-corrected chi connectivity index (χ1v) is 9.63. The minimum Gasteiger partial charge on any atom is -0.481 e. The molecule has 1 spiro atoms. The molecule has 3 fully saturated rings. The van der Waals surface area contributed by atoms with Crippen LogP contribution in [0.25, 0.3) is 0 Å². The molecule has 1 saturated heterocycles. The molecule has 0 aromatic carbocycles. The first-order valence-electron chi connectivity index (χ1n) is 9.63. The van der Waals surface area contributed by atoms with Crippen molar-refractivity contribution in [2.45, 2.75) is 83.5 Å². The highest BCUT2D eigenvalue weighted by molar-refractivity contribution is 5.76. The quantitative estimate of drug-likeness (QED) is 0.589. The highest BCUT2D eigenvalue weighted by atomic mass is 17.2. The Morgan fingerprint density at radius 1 is 1.20 bits per heavy atom. The van der Waals surface area contributed by atoms with Crippen LogP contribution < -0.4 is 0 Å². The molecule has 0 radical (unpaired) electrons. The Labute approximate surface area is 149 Å². The fraction of sp³-hybridized carbons (Fsp3) is 0.850. The zero-order valence-corrected chi connectivity index (χ0v) is 15.7. The lowest BCUT2D eigenvalue weighted by molar-refractivity contribution is -0.466. The minimum absolute atomic E-state index is 0.133. The number of rotatable bonds is 2. The molecule has 2 heterocycles. The van der Waals surface area contributed by atoms with Crippen molar-refractivity contribution >= 4 is 5.97 Å². The van der Waals surface area contributed by atoms with Crippen molar-refractivity contribution in [2.75, 3.05) is 0 Å². The van der Waals surface area contributed by atoms with E-state index in [0.717, 1.165) is 32.1 Å². The summed E-state index contributed by atoms with van der Waals surface area (Å²) < 4.78 is 0. The topological polar surface area (TPSA) is 76.0 Å². The second-order valence-corrected chi connectivity index (χ2v) is 9.42. The van der Waals surface area contributed by atoms with Crippen molar-refractivity contribution in [3.8, 4) is 0 Å². The Kier molecular flexibility index (Phi) is 3.56. The van der Waals surface area contributed by atoms with Crippen LogP contribution in [0.4, 0.5) is 0 Å². The summed E-state index contributed by atoms with van der Waals surface area (Å²) in [7, 11) is 0. The van der Waals surface area contributed by atoms with Crippen LogP contribution in [0.2, 0.25) is 0 Å². The van der Waals surface area contributed by atoms with Crippen molar-refractivity contribution in [2.24, 2.45) is 22.7 Å². The van der Waals surface area contributed by atoms with Gasteiger partial charge in [-0.25, -0.2) is 9.78 Å². The van der Waals surface area contributed by atoms with Crippen LogP contribution in [0, 0.1) is 22.7 Å². The van der Waals surface area contributed by atoms with Crippen molar-refractivity contribution in [1.82, 2.24) is 0 Å². The largest absolute Gasteiger partial charge is 0.481 e. The van der Waals surface area contributed by atoms with Gasteiger partial charge in [0.15, 0.2) is 0 Å². The van der Waals surface area contributed by atoms with Gasteiger partial charge in [0.25, 0.3) is 0 Å². The molecule has 0 unspecified atom stereocenters. The highest BCUT2D eigenvalue weighted by Gasteiger charge is 2.71. The standard InChI is InChI=1S/C20H30O5/c1-12(2)19-9-10-20(25-24-19)13(11-19)5-6-14-17(20,3)8-7-15(21)18(14,4)16(22)23/h11-12,14-15,21H,5-10H2,1-4H3,(H,22,23)/t14-,15-,17-,18-,19-,20+/m0/s1. The molecule has 6 atom stereocenters. The van der Waals surface area contributed by atoms with Gasteiger partial charge in [0.2, 0.25) is 0 Å². The van der Waals surface area contributed by atoms with E-state index in [-0.39, 0.29) is 16.9 Å². The van der Waals surface area contributed by atoms with Crippen molar-refractivity contribution in [1.29, 1.82) is 0 Å². The number of aliphatic carboxylic acids is 1. The van der Waals surface area contributed by atoms with Crippen molar-refractivity contribution < 1.29 is 24.8 Å². The lowest BCUT2D eigenvalue weighted by Gasteiger charge is -2.66. The summed E-state index contributed by atoms with van der Waals surface area (Å²) in [4.78, 5) is 24.3. The van der Waals surface area contributed by atoms with E-state index in [4.69, 9.17) is 9.78 Å². The maximum absolute atomic E-state index is 12.1. The molecule has 2 N–H and O–H groups in total. The molecule has 2 bridgehead atoms. The third-order valence-corrected chi connectivity index (χ3v) is 8.33. The van der Waals surface area contributed by atoms with E-state index in [1.807, 2.05) is 0 Å². The van der Waals surface area contributed by atoms with E-state index in [2.05, 4.69) is 26.8 Å². The summed E-state index contributed by atoms with van der Waals surface area (Å²) in [5.41, 5.74) is -1.07. The van der Waals surface area contributed by atoms with E-state index in [1.54, 1.807) is 6.92 Å². The van der Waals surface area contributed by atoms with Crippen molar-refractivity contribution in [3.05, 3.63) is 11.6 Å². The molecular formula is C20H30O5. The average Bonchev–Trinajstić information content (AvgIpc) is 2.58. The summed E-state index contributed by atoms with van der Waals surface area (Å²) in [6.07, 6.45) is 6.11. The van der Waals surface area contributed by atoms with Crippen LogP contribution in [-0.2, 0) is 14.6 Å². The number of carbonyl (C=O) groups is 1. The van der Waals surface area contributed by atoms with Gasteiger partial charge in [-0.15, -0.1) is 0 Å². The summed E-state index contributed by atoms with van der Waals surface area (Å²) in [6, 6.07) is 0. The van der Waals surface area contributed by atoms with Gasteiger partial charge in [0.05, 0.1) is 11.5 Å². The number of hydrogen-bond donors (Lipinski definition) is 2. The Morgan fingerprint density at radius 2 is 1.92 bits per heavy atom. The van der Waals surface area contributed by atoms with E-state index < -0.39 is 23.1 Å². The predicted molar refractivity (Wildman–Crippen MR) is 91.6 cm³/mol. The van der Waals surface area contributed by atoms with E-state index in [0.29, 0.717) is 12.3 Å². The summed E-state index contributed by atoms with van der Waals surface area (Å²) in [6.45, 7) is 8.20. The summed E-state index contributed by atoms with van der Waals surface area (Å²) >= 11 is 0. The number of aliphatic hydroxyl groups is 1. The highest BCUT2D eigenvalue weighted by Crippen LogP contribution is 2.68. The Morgan fingerprint density at radius 3 is 2.48 bits per heavy atom. The van der Waals surface area contributed by atoms with Crippen LogP contribution >= 0.6 is 0 Å². The van der Waals surface area contributed by atoms with Gasteiger partial charge in [-0.1, -0.05) is 20.8 Å². The molecule has 140 valence electrons. The number of carboxylic acid groups (broad SMARTS) is 1. The molecule has 5 aliphatic rings. The molecule has 5 nitrogen and oxygen atoms in total. The van der Waals surface area contributed by atoms with Gasteiger partial charge >= 0.3 is 5.97 Å². The molecule has 3 aliphatic carbocycles. The minimum atomic E-state index is -1.14. The molecule has 2 saturated carbocycles. The summed E-state index contributed by atoms with van der Waals surface area (Å²) in [5.74, 6) is -0.697. The number of carboxylic acids is 1. The zero-order chi connectivity index (χ0) is 18.3. The van der Waals surface area contributed by atoms with Crippen LogP contribution in [0.15, 0.2) is 11.6 Å². The Hall–Kier alpha value is -0.910. The van der Waals surface area contributed by atoms with Crippen LogP contribution in [0.3, 0.4) is 0 Å². The van der Waals surface area contributed by atoms with E-state index >= 15 is 0 Å². The van der Waals surface area contributed by atoms with E-state index in [1.165, 1.54) is 5.57 Å². The third kappa shape index (κ3) is 1.87. The third-order valence-electron chi connectivity index (χ3n) is 8.33. The number of fused-ring (bicyclic) bond motifs is 3. The SMILES string of the molecule is CC(C)[C@@]12C=C3CC[C@@H]4[C@](C)(C(=O)O)[C@@H](O)CC[C@]4(C)[C@]3(CC1)OO2. The average molecular weight is 350 g/mol. The Balaban J connectivity index is 1.82. The lowest BCUT2D eigenvalue weighted by atomic mass is 9.42. The Bertz CT molecular complexity index is 630. The fourth-order valence-corrected chi connectivity index (χ4v) is 6.40. The maximum Gasteiger partial charge on any atom is 0.312 e. The van der Waals surface area contributed by atoms with Gasteiger partial charge in [0, 0.05) is 5.41 Å². The van der Waals surface area contributed by atoms with Gasteiger partial charge < -0.3 is 10.2 Å². The normalized spacial score (nSPS) is 51.7. The fourth-order valence-electron chi connectivity index (χ4n) is 6.40. The second-order valence-electron chi connectivity index (χ2n) is 9.42. The monoisotopic (exact) mass is 350 g/mol. The lowest BCUT2D eigenvalue weighted by Crippen LogP contribution is -2.70. The van der Waals surface area contributed by atoms with Gasteiger partial charge in [0.1, 0.15) is 11.2 Å². The first-order chi connectivity index (χ1) is 11.6. The van der Waals surface area contributed by atoms with Crippen LogP contribution in [0.5, 0.6) is 0 Å². The molecule has 25 heavy (non-hydrogen) atoms. The predicted octanol–water partition coefficient (Wildman–Crippen LogP) is 3.46. The molecule has 2 aliphatic heterocycles. The smallest absolute Gasteiger partial charge is 0.312 e. The second kappa shape index (κ2) is 5.08. The van der Waals surface area contributed by atoms with Crippen LogP contribution in [0.1, 0.15) is 66.2 Å². The molecule has 0 amide bonds. The van der Waals surface area contributed by atoms with Gasteiger partial charge in [-0.05, 0) is 68.9 Å². The van der Waals surface area contributed by atoms with Gasteiger partial charge in [-0.2, -0.15) is 0 Å². The molecule has 5 heteroatoms. The maximum atomic E-state index is 12.1. The molecule has 5 rings (SSSR count). The molecule has 0 aromatic rings. The molecular weight excluding hydrogens is 320 g/mol. The van der Waals surface area contributed by atoms with Gasteiger partial charge in [-0.3, -0.25) is 4.79 Å².